The van der Waals surface area contributed by atoms with Crippen LogP contribution in [-0.4, -0.2) is 23.4 Å². The molecule has 114 valence electrons. The van der Waals surface area contributed by atoms with Crippen LogP contribution in [-0.2, 0) is 4.79 Å². The Morgan fingerprint density at radius 3 is 2.76 bits per heavy atom. The summed E-state index contributed by atoms with van der Waals surface area (Å²) in [7, 11) is 0. The summed E-state index contributed by atoms with van der Waals surface area (Å²) in [5, 5.41) is 3.59. The van der Waals surface area contributed by atoms with E-state index in [0.29, 0.717) is 11.8 Å². The fourth-order valence-corrected chi connectivity index (χ4v) is 3.17. The first-order valence-corrected chi connectivity index (χ1v) is 8.23. The van der Waals surface area contributed by atoms with Crippen molar-refractivity contribution in [2.24, 2.45) is 11.8 Å². The lowest BCUT2D eigenvalue weighted by atomic mass is 9.99. The summed E-state index contributed by atoms with van der Waals surface area (Å²) in [5.41, 5.74) is 2.47. The molecule has 1 aromatic rings. The summed E-state index contributed by atoms with van der Waals surface area (Å²) in [4.78, 5) is 14.9. The number of carbonyl (C=O) groups is 1. The molecule has 1 aliphatic heterocycles. The Morgan fingerprint density at radius 2 is 2.14 bits per heavy atom. The highest BCUT2D eigenvalue weighted by Gasteiger charge is 2.43. The SMILES string of the molecule is CCC(C)C1NC(c2cccc(C)c2)N(CC2CC2)C1=O. The number of aryl methyl sites for hydroxylation is 1. The van der Waals surface area contributed by atoms with Crippen molar-refractivity contribution in [3.8, 4) is 0 Å². The third kappa shape index (κ3) is 2.98. The van der Waals surface area contributed by atoms with Crippen molar-refractivity contribution in [2.75, 3.05) is 6.54 Å². The molecule has 1 aliphatic carbocycles. The number of carbonyl (C=O) groups excluding carboxylic acids is 1. The van der Waals surface area contributed by atoms with E-state index in [4.69, 9.17) is 0 Å². The first kappa shape index (κ1) is 14.6. The molecule has 1 saturated carbocycles. The number of hydrogen-bond donors (Lipinski definition) is 1. The van der Waals surface area contributed by atoms with Gasteiger partial charge in [-0.05, 0) is 37.2 Å². The molecule has 0 radical (unpaired) electrons. The number of amides is 1. The van der Waals surface area contributed by atoms with Gasteiger partial charge in [0.2, 0.25) is 5.91 Å². The lowest BCUT2D eigenvalue weighted by Gasteiger charge is -2.24. The third-order valence-electron chi connectivity index (χ3n) is 4.92. The molecular weight excluding hydrogens is 260 g/mol. The fourth-order valence-electron chi connectivity index (χ4n) is 3.17. The van der Waals surface area contributed by atoms with Gasteiger partial charge in [-0.2, -0.15) is 0 Å². The van der Waals surface area contributed by atoms with E-state index in [0.717, 1.165) is 18.9 Å². The zero-order valence-electron chi connectivity index (χ0n) is 13.3. The molecule has 3 unspecified atom stereocenters. The van der Waals surface area contributed by atoms with E-state index in [1.54, 1.807) is 0 Å². The minimum Gasteiger partial charge on any atom is -0.321 e. The molecule has 3 nitrogen and oxygen atoms in total. The molecule has 0 aromatic heterocycles. The Bertz CT molecular complexity index is 524. The number of benzene rings is 1. The van der Waals surface area contributed by atoms with Gasteiger partial charge in [-0.3, -0.25) is 10.1 Å². The molecule has 1 amide bonds. The number of nitrogens with one attached hydrogen (secondary N) is 1. The maximum absolute atomic E-state index is 12.8. The lowest BCUT2D eigenvalue weighted by Crippen LogP contribution is -2.36. The minimum atomic E-state index is -0.0285. The first-order chi connectivity index (χ1) is 10.1. The smallest absolute Gasteiger partial charge is 0.241 e. The van der Waals surface area contributed by atoms with E-state index in [1.165, 1.54) is 24.0 Å². The van der Waals surface area contributed by atoms with Crippen molar-refractivity contribution < 1.29 is 4.79 Å². The topological polar surface area (TPSA) is 32.3 Å². The van der Waals surface area contributed by atoms with Gasteiger partial charge in [0.15, 0.2) is 0 Å². The van der Waals surface area contributed by atoms with E-state index < -0.39 is 0 Å². The van der Waals surface area contributed by atoms with Crippen LogP contribution in [0.2, 0.25) is 0 Å². The van der Waals surface area contributed by atoms with Crippen molar-refractivity contribution in [1.82, 2.24) is 10.2 Å². The third-order valence-corrected chi connectivity index (χ3v) is 4.92. The second-order valence-electron chi connectivity index (χ2n) is 6.78. The summed E-state index contributed by atoms with van der Waals surface area (Å²) < 4.78 is 0. The van der Waals surface area contributed by atoms with Gasteiger partial charge >= 0.3 is 0 Å². The van der Waals surface area contributed by atoms with E-state index in [-0.39, 0.29) is 12.2 Å². The molecule has 3 atom stereocenters. The van der Waals surface area contributed by atoms with E-state index in [2.05, 4.69) is 55.3 Å². The normalized spacial score (nSPS) is 27.2. The predicted molar refractivity (Wildman–Crippen MR) is 84.7 cm³/mol. The summed E-state index contributed by atoms with van der Waals surface area (Å²) in [6, 6.07) is 8.50. The molecule has 3 heteroatoms. The van der Waals surface area contributed by atoms with Crippen molar-refractivity contribution in [3.05, 3.63) is 35.4 Å². The summed E-state index contributed by atoms with van der Waals surface area (Å²) in [6.07, 6.45) is 3.63. The monoisotopic (exact) mass is 286 g/mol. The Hall–Kier alpha value is -1.35. The zero-order chi connectivity index (χ0) is 15.0. The summed E-state index contributed by atoms with van der Waals surface area (Å²) in [5.74, 6) is 1.40. The highest BCUT2D eigenvalue weighted by Crippen LogP contribution is 2.36. The van der Waals surface area contributed by atoms with E-state index in [9.17, 15) is 4.79 Å². The average Bonchev–Trinajstić information content (AvgIpc) is 3.23. The second kappa shape index (κ2) is 5.80. The Labute approximate surface area is 127 Å². The van der Waals surface area contributed by atoms with Crippen LogP contribution in [0.4, 0.5) is 0 Å². The maximum atomic E-state index is 12.8. The van der Waals surface area contributed by atoms with Crippen LogP contribution >= 0.6 is 0 Å². The summed E-state index contributed by atoms with van der Waals surface area (Å²) in [6.45, 7) is 7.35. The Balaban J connectivity index is 1.86. The van der Waals surface area contributed by atoms with Crippen LogP contribution < -0.4 is 5.32 Å². The van der Waals surface area contributed by atoms with Crippen molar-refractivity contribution >= 4 is 5.91 Å². The van der Waals surface area contributed by atoms with Crippen molar-refractivity contribution in [2.45, 2.75) is 52.2 Å². The molecule has 2 aliphatic rings. The fraction of sp³-hybridized carbons (Fsp3) is 0.611. The van der Waals surface area contributed by atoms with Gasteiger partial charge in [-0.1, -0.05) is 50.1 Å². The van der Waals surface area contributed by atoms with Gasteiger partial charge in [0.05, 0.1) is 6.04 Å². The second-order valence-corrected chi connectivity index (χ2v) is 6.78. The molecular formula is C18H26N2O. The van der Waals surface area contributed by atoms with Crippen LogP contribution in [0.15, 0.2) is 24.3 Å². The lowest BCUT2D eigenvalue weighted by molar-refractivity contribution is -0.131. The molecule has 1 heterocycles. The van der Waals surface area contributed by atoms with Gasteiger partial charge in [0.1, 0.15) is 6.17 Å². The van der Waals surface area contributed by atoms with Crippen LogP contribution in [0.1, 0.15) is 50.4 Å². The van der Waals surface area contributed by atoms with E-state index in [1.807, 2.05) is 0 Å². The molecule has 0 bridgehead atoms. The minimum absolute atomic E-state index is 0.0285. The highest BCUT2D eigenvalue weighted by atomic mass is 16.2. The Kier molecular flexibility index (Phi) is 4.03. The molecule has 1 N–H and O–H groups in total. The Morgan fingerprint density at radius 1 is 1.38 bits per heavy atom. The number of nitrogens with zero attached hydrogens (tertiary/aromatic N) is 1. The van der Waals surface area contributed by atoms with Gasteiger partial charge in [0.25, 0.3) is 0 Å². The van der Waals surface area contributed by atoms with Gasteiger partial charge in [0, 0.05) is 6.54 Å². The molecule has 3 rings (SSSR count). The van der Waals surface area contributed by atoms with Gasteiger partial charge in [-0.15, -0.1) is 0 Å². The standard InChI is InChI=1S/C18H26N2O/c1-4-13(3)16-18(21)20(11-14-8-9-14)17(19-16)15-7-5-6-12(2)10-15/h5-7,10,13-14,16-17,19H,4,8-9,11H2,1-3H3. The molecule has 21 heavy (non-hydrogen) atoms. The first-order valence-electron chi connectivity index (χ1n) is 8.23. The number of hydrogen-bond acceptors (Lipinski definition) is 2. The average molecular weight is 286 g/mol. The number of rotatable bonds is 5. The molecule has 1 aromatic carbocycles. The van der Waals surface area contributed by atoms with Crippen LogP contribution in [0.5, 0.6) is 0 Å². The molecule has 2 fully saturated rings. The molecule has 1 saturated heterocycles. The summed E-state index contributed by atoms with van der Waals surface area (Å²) >= 11 is 0. The van der Waals surface area contributed by atoms with E-state index >= 15 is 0 Å². The quantitative estimate of drug-likeness (QED) is 0.901. The van der Waals surface area contributed by atoms with Crippen LogP contribution in [0.3, 0.4) is 0 Å². The zero-order valence-corrected chi connectivity index (χ0v) is 13.3. The van der Waals surface area contributed by atoms with Gasteiger partial charge < -0.3 is 4.90 Å². The largest absolute Gasteiger partial charge is 0.321 e. The van der Waals surface area contributed by atoms with Crippen LogP contribution in [0, 0.1) is 18.8 Å². The van der Waals surface area contributed by atoms with Crippen LogP contribution in [0.25, 0.3) is 0 Å². The van der Waals surface area contributed by atoms with Crippen molar-refractivity contribution in [3.63, 3.8) is 0 Å². The maximum Gasteiger partial charge on any atom is 0.241 e. The van der Waals surface area contributed by atoms with Crippen molar-refractivity contribution in [1.29, 1.82) is 0 Å². The van der Waals surface area contributed by atoms with Gasteiger partial charge in [-0.25, -0.2) is 0 Å². The molecule has 0 spiro atoms. The highest BCUT2D eigenvalue weighted by molar-refractivity contribution is 5.85. The predicted octanol–water partition coefficient (Wildman–Crippen LogP) is 3.25.